The molecule has 1 N–H and O–H groups in total. The Bertz CT molecular complexity index is 484. The number of aryl methyl sites for hydroxylation is 1. The minimum atomic E-state index is -0.134. The molecule has 1 amide bonds. The van der Waals surface area contributed by atoms with Gasteiger partial charge in [0.2, 0.25) is 5.91 Å². The molecule has 0 radical (unpaired) electrons. The number of hydrogen-bond acceptors (Lipinski definition) is 4. The summed E-state index contributed by atoms with van der Waals surface area (Å²) in [5.74, 6) is 0.00187. The molecule has 0 saturated carbocycles. The van der Waals surface area contributed by atoms with Gasteiger partial charge in [0.25, 0.3) is 0 Å². The smallest absolute Gasteiger partial charge is 0.246 e. The summed E-state index contributed by atoms with van der Waals surface area (Å²) in [4.78, 5) is 18.1. The van der Waals surface area contributed by atoms with Crippen LogP contribution in [0, 0.1) is 6.92 Å². The highest BCUT2D eigenvalue weighted by atomic mass is 16.5. The van der Waals surface area contributed by atoms with E-state index in [0.717, 1.165) is 43.9 Å². The number of carbonyl (C=O) groups is 1. The largest absolute Gasteiger partial charge is 0.363 e. The fourth-order valence-electron chi connectivity index (χ4n) is 2.94. The highest BCUT2D eigenvalue weighted by Gasteiger charge is 2.38. The second kappa shape index (κ2) is 5.50. The Balaban J connectivity index is 1.55. The number of aromatic nitrogens is 1. The molecule has 5 heteroatoms. The van der Waals surface area contributed by atoms with E-state index in [4.69, 9.17) is 4.74 Å². The van der Waals surface area contributed by atoms with Crippen LogP contribution in [0.3, 0.4) is 0 Å². The van der Waals surface area contributed by atoms with Crippen molar-refractivity contribution in [3.8, 4) is 0 Å². The van der Waals surface area contributed by atoms with Crippen LogP contribution in [0.1, 0.15) is 24.2 Å². The van der Waals surface area contributed by atoms with Crippen LogP contribution < -0.4 is 5.32 Å². The molecule has 2 saturated heterocycles. The Hall–Kier alpha value is -1.46. The van der Waals surface area contributed by atoms with Gasteiger partial charge in [0, 0.05) is 31.9 Å². The number of morpholine rings is 1. The van der Waals surface area contributed by atoms with E-state index in [-0.39, 0.29) is 18.1 Å². The molecule has 0 atom stereocenters. The molecule has 3 heterocycles. The van der Waals surface area contributed by atoms with Crippen LogP contribution in [0.2, 0.25) is 0 Å². The van der Waals surface area contributed by atoms with Crippen LogP contribution in [0.15, 0.2) is 18.2 Å². The Morgan fingerprint density at radius 1 is 1.40 bits per heavy atom. The van der Waals surface area contributed by atoms with Crippen LogP contribution in [-0.4, -0.2) is 47.6 Å². The van der Waals surface area contributed by atoms with Crippen LogP contribution >= 0.6 is 0 Å². The molecular formula is C15H21N3O2. The van der Waals surface area contributed by atoms with E-state index in [1.165, 1.54) is 0 Å². The zero-order valence-electron chi connectivity index (χ0n) is 11.9. The molecule has 0 aliphatic carbocycles. The Labute approximate surface area is 119 Å². The summed E-state index contributed by atoms with van der Waals surface area (Å²) in [7, 11) is 0. The summed E-state index contributed by atoms with van der Waals surface area (Å²) in [6.45, 7) is 5.76. The minimum absolute atomic E-state index is 0.00187. The summed E-state index contributed by atoms with van der Waals surface area (Å²) in [5, 5.41) is 2.92. The van der Waals surface area contributed by atoms with Crippen molar-refractivity contribution in [1.82, 2.24) is 15.2 Å². The maximum Gasteiger partial charge on any atom is 0.246 e. The summed E-state index contributed by atoms with van der Waals surface area (Å²) in [6.07, 6.45) is 1.94. The molecule has 2 aliphatic heterocycles. The van der Waals surface area contributed by atoms with E-state index < -0.39 is 0 Å². The van der Waals surface area contributed by atoms with Gasteiger partial charge in [0.1, 0.15) is 6.61 Å². The number of ether oxygens (including phenoxy) is 1. The van der Waals surface area contributed by atoms with Gasteiger partial charge < -0.3 is 10.1 Å². The standard InChI is InChI=1S/C15H21N3O2/c1-12-3-2-4-13(17-12)9-18-7-5-15(6-8-18)11-16-14(19)10-20-15/h2-4H,5-11H2,1H3,(H,16,19). The summed E-state index contributed by atoms with van der Waals surface area (Å²) >= 11 is 0. The third kappa shape index (κ3) is 2.99. The Kier molecular flexibility index (Phi) is 3.72. The van der Waals surface area contributed by atoms with Gasteiger partial charge in [-0.15, -0.1) is 0 Å². The van der Waals surface area contributed by atoms with E-state index in [2.05, 4.69) is 27.3 Å². The molecular weight excluding hydrogens is 254 g/mol. The highest BCUT2D eigenvalue weighted by Crippen LogP contribution is 2.28. The number of hydrogen-bond donors (Lipinski definition) is 1. The van der Waals surface area contributed by atoms with Crippen molar-refractivity contribution in [3.63, 3.8) is 0 Å². The normalized spacial score (nSPS) is 22.8. The topological polar surface area (TPSA) is 54.5 Å². The fourth-order valence-corrected chi connectivity index (χ4v) is 2.94. The van der Waals surface area contributed by atoms with E-state index in [9.17, 15) is 4.79 Å². The number of nitrogens with zero attached hydrogens (tertiary/aromatic N) is 2. The Morgan fingerprint density at radius 3 is 2.85 bits per heavy atom. The summed E-state index contributed by atoms with van der Waals surface area (Å²) in [6, 6.07) is 6.16. The molecule has 1 spiro atoms. The lowest BCUT2D eigenvalue weighted by molar-refractivity contribution is -0.150. The molecule has 0 bridgehead atoms. The van der Waals surface area contributed by atoms with E-state index in [0.29, 0.717) is 6.54 Å². The van der Waals surface area contributed by atoms with Gasteiger partial charge in [-0.1, -0.05) is 6.07 Å². The zero-order valence-corrected chi connectivity index (χ0v) is 11.9. The molecule has 3 rings (SSSR count). The van der Waals surface area contributed by atoms with Gasteiger partial charge in [0.15, 0.2) is 0 Å². The first kappa shape index (κ1) is 13.5. The number of carbonyl (C=O) groups excluding carboxylic acids is 1. The minimum Gasteiger partial charge on any atom is -0.363 e. The van der Waals surface area contributed by atoms with Gasteiger partial charge in [0.05, 0.1) is 11.3 Å². The third-order valence-electron chi connectivity index (χ3n) is 4.22. The van der Waals surface area contributed by atoms with Crippen LogP contribution in [-0.2, 0) is 16.1 Å². The second-order valence-electron chi connectivity index (χ2n) is 5.79. The number of rotatable bonds is 2. The van der Waals surface area contributed by atoms with E-state index in [1.54, 1.807) is 0 Å². The predicted octanol–water partition coefficient (Wildman–Crippen LogP) is 0.871. The van der Waals surface area contributed by atoms with Gasteiger partial charge >= 0.3 is 0 Å². The second-order valence-corrected chi connectivity index (χ2v) is 5.79. The number of likely N-dealkylation sites (tertiary alicyclic amines) is 1. The average Bonchev–Trinajstić information content (AvgIpc) is 2.45. The first-order valence-corrected chi connectivity index (χ1v) is 7.21. The molecule has 5 nitrogen and oxygen atoms in total. The summed E-state index contributed by atoms with van der Waals surface area (Å²) in [5.41, 5.74) is 2.05. The first-order valence-electron chi connectivity index (χ1n) is 7.21. The molecule has 0 aromatic carbocycles. The quantitative estimate of drug-likeness (QED) is 0.870. The van der Waals surface area contributed by atoms with Gasteiger partial charge in [-0.3, -0.25) is 14.7 Å². The Morgan fingerprint density at radius 2 is 2.20 bits per heavy atom. The van der Waals surface area contributed by atoms with Gasteiger partial charge in [-0.05, 0) is 31.9 Å². The molecule has 20 heavy (non-hydrogen) atoms. The fraction of sp³-hybridized carbons (Fsp3) is 0.600. The molecule has 0 unspecified atom stereocenters. The first-order chi connectivity index (χ1) is 9.65. The van der Waals surface area contributed by atoms with Gasteiger partial charge in [-0.25, -0.2) is 0 Å². The molecule has 108 valence electrons. The number of amides is 1. The maximum atomic E-state index is 11.2. The predicted molar refractivity (Wildman–Crippen MR) is 75.2 cm³/mol. The lowest BCUT2D eigenvalue weighted by Crippen LogP contribution is -2.57. The third-order valence-corrected chi connectivity index (χ3v) is 4.22. The lowest BCUT2D eigenvalue weighted by Gasteiger charge is -2.43. The zero-order chi connectivity index (χ0) is 14.0. The number of nitrogens with one attached hydrogen (secondary N) is 1. The summed E-state index contributed by atoms with van der Waals surface area (Å²) < 4.78 is 5.78. The van der Waals surface area contributed by atoms with Gasteiger partial charge in [-0.2, -0.15) is 0 Å². The van der Waals surface area contributed by atoms with Crippen molar-refractivity contribution in [2.45, 2.75) is 31.9 Å². The van der Waals surface area contributed by atoms with E-state index in [1.807, 2.05) is 13.0 Å². The van der Waals surface area contributed by atoms with Crippen LogP contribution in [0.25, 0.3) is 0 Å². The highest BCUT2D eigenvalue weighted by molar-refractivity contribution is 5.78. The van der Waals surface area contributed by atoms with Crippen LogP contribution in [0.5, 0.6) is 0 Å². The number of pyridine rings is 1. The molecule has 1 aromatic heterocycles. The maximum absolute atomic E-state index is 11.2. The monoisotopic (exact) mass is 275 g/mol. The van der Waals surface area contributed by atoms with Crippen molar-refractivity contribution in [2.75, 3.05) is 26.2 Å². The SMILES string of the molecule is Cc1cccc(CN2CCC3(CC2)CNC(=O)CO3)n1. The number of piperidine rings is 1. The molecule has 2 aliphatic rings. The van der Waals surface area contributed by atoms with Crippen molar-refractivity contribution < 1.29 is 9.53 Å². The van der Waals surface area contributed by atoms with Crippen molar-refractivity contribution >= 4 is 5.91 Å². The molecule has 2 fully saturated rings. The van der Waals surface area contributed by atoms with Crippen LogP contribution in [0.4, 0.5) is 0 Å². The molecule has 1 aromatic rings. The lowest BCUT2D eigenvalue weighted by atomic mass is 9.90. The van der Waals surface area contributed by atoms with E-state index >= 15 is 0 Å². The van der Waals surface area contributed by atoms with Crippen molar-refractivity contribution in [1.29, 1.82) is 0 Å². The van der Waals surface area contributed by atoms with Crippen molar-refractivity contribution in [2.24, 2.45) is 0 Å². The average molecular weight is 275 g/mol. The van der Waals surface area contributed by atoms with Crippen molar-refractivity contribution in [3.05, 3.63) is 29.6 Å².